The molecule has 1 N–H and O–H groups in total. The smallest absolute Gasteiger partial charge is 0.283 e. The molecule has 4 rings (SSSR count). The molecule has 37 heavy (non-hydrogen) atoms. The fourth-order valence-corrected chi connectivity index (χ4v) is 4.42. The zero-order valence-corrected chi connectivity index (χ0v) is 21.1. The van der Waals surface area contributed by atoms with E-state index in [9.17, 15) is 14.9 Å². The average Bonchev–Trinajstić information content (AvgIpc) is 3.31. The summed E-state index contributed by atoms with van der Waals surface area (Å²) in [5.74, 6) is 0.908. The van der Waals surface area contributed by atoms with Gasteiger partial charge in [-0.05, 0) is 60.5 Å². The molecule has 0 saturated heterocycles. The molecule has 0 bridgehead atoms. The van der Waals surface area contributed by atoms with Gasteiger partial charge in [0.15, 0.2) is 17.3 Å². The van der Waals surface area contributed by atoms with Crippen LogP contribution in [0.25, 0.3) is 6.08 Å². The largest absolute Gasteiger partial charge is 0.493 e. The molecule has 12 heteroatoms. The topological polar surface area (TPSA) is 140 Å². The lowest BCUT2D eigenvalue weighted by molar-refractivity contribution is -0.384. The molecule has 11 nitrogen and oxygen atoms in total. The number of methoxy groups -OCH3 is 1. The van der Waals surface area contributed by atoms with Crippen LogP contribution in [0.1, 0.15) is 31.7 Å². The molecule has 0 aromatic heterocycles. The number of carbonyl (C=O) groups is 1. The molecule has 0 fully saturated rings. The minimum absolute atomic E-state index is 0.00975. The molecule has 2 aromatic carbocycles. The first-order valence-corrected chi connectivity index (χ1v) is 12.4. The van der Waals surface area contributed by atoms with Crippen LogP contribution in [0.2, 0.25) is 0 Å². The number of rotatable bonds is 11. The minimum Gasteiger partial charge on any atom is -0.493 e. The summed E-state index contributed by atoms with van der Waals surface area (Å²) in [4.78, 5) is 27.0. The Morgan fingerprint density at radius 1 is 1.14 bits per heavy atom. The highest BCUT2D eigenvalue weighted by atomic mass is 32.2. The molecule has 0 atom stereocenters. The molecule has 2 aromatic rings. The molecule has 0 saturated carbocycles. The monoisotopic (exact) mass is 523 g/mol. The van der Waals surface area contributed by atoms with Crippen LogP contribution in [0.15, 0.2) is 58.1 Å². The number of thioether (sulfide) groups is 1. The Kier molecular flexibility index (Phi) is 8.18. The van der Waals surface area contributed by atoms with Crippen molar-refractivity contribution in [2.45, 2.75) is 26.2 Å². The quantitative estimate of drug-likeness (QED) is 0.190. The van der Waals surface area contributed by atoms with Gasteiger partial charge in [0.25, 0.3) is 11.6 Å². The third-order valence-corrected chi connectivity index (χ3v) is 6.36. The van der Waals surface area contributed by atoms with E-state index in [1.54, 1.807) is 24.3 Å². The van der Waals surface area contributed by atoms with Crippen LogP contribution in [0.4, 0.5) is 5.69 Å². The number of nitrogens with zero attached hydrogens (tertiary/aromatic N) is 4. The lowest BCUT2D eigenvalue weighted by Gasteiger charge is -2.20. The molecule has 2 heterocycles. The van der Waals surface area contributed by atoms with Crippen LogP contribution in [0.5, 0.6) is 17.2 Å². The lowest BCUT2D eigenvalue weighted by Crippen LogP contribution is -2.35. The number of nitrogens with one attached hydrogen (secondary N) is 1. The highest BCUT2D eigenvalue weighted by Gasteiger charge is 2.35. The first-order chi connectivity index (χ1) is 17.9. The normalized spacial score (nSPS) is 15.8. The van der Waals surface area contributed by atoms with Crippen molar-refractivity contribution in [3.05, 3.63) is 63.7 Å². The third-order valence-electron chi connectivity index (χ3n) is 5.40. The van der Waals surface area contributed by atoms with Gasteiger partial charge in [-0.2, -0.15) is 15.1 Å². The highest BCUT2D eigenvalue weighted by Crippen LogP contribution is 2.32. The Morgan fingerprint density at radius 3 is 2.59 bits per heavy atom. The van der Waals surface area contributed by atoms with E-state index in [1.165, 1.54) is 48.1 Å². The summed E-state index contributed by atoms with van der Waals surface area (Å²) in [7, 11) is 1.50. The van der Waals surface area contributed by atoms with Crippen molar-refractivity contribution in [1.29, 1.82) is 5.41 Å². The van der Waals surface area contributed by atoms with Crippen LogP contribution in [0, 0.1) is 15.5 Å². The van der Waals surface area contributed by atoms with Gasteiger partial charge in [0.2, 0.25) is 5.17 Å². The molecule has 0 radical (unpaired) electrons. The second-order valence-corrected chi connectivity index (χ2v) is 9.02. The van der Waals surface area contributed by atoms with Gasteiger partial charge in [-0.3, -0.25) is 20.3 Å². The number of carbonyl (C=O) groups excluding carboxylic acids is 1. The predicted octanol–water partition coefficient (Wildman–Crippen LogP) is 4.87. The van der Waals surface area contributed by atoms with Crippen LogP contribution in [-0.2, 0) is 4.79 Å². The molecular formula is C25H25N5O6S. The lowest BCUT2D eigenvalue weighted by atomic mass is 10.1. The van der Waals surface area contributed by atoms with Crippen LogP contribution < -0.4 is 14.2 Å². The highest BCUT2D eigenvalue weighted by molar-refractivity contribution is 8.26. The number of nitro benzene ring substituents is 1. The number of amides is 1. The fourth-order valence-electron chi connectivity index (χ4n) is 3.50. The van der Waals surface area contributed by atoms with E-state index in [4.69, 9.17) is 19.6 Å². The molecule has 0 spiro atoms. The number of non-ortho nitro benzene ring substituents is 1. The summed E-state index contributed by atoms with van der Waals surface area (Å²) < 4.78 is 16.8. The number of ether oxygens (including phenoxy) is 3. The first-order valence-electron chi connectivity index (χ1n) is 11.6. The van der Waals surface area contributed by atoms with Gasteiger partial charge in [-0.15, -0.1) is 0 Å². The van der Waals surface area contributed by atoms with E-state index in [0.29, 0.717) is 28.0 Å². The van der Waals surface area contributed by atoms with Crippen molar-refractivity contribution in [3.63, 3.8) is 0 Å². The standard InChI is InChI=1S/C25H25N5O6S/c1-3-4-5-22-28-29-23(26)19(24(31)27-25(29)37-22)14-16-6-11-20(21(15-16)34-2)36-13-12-35-18-9-7-17(8-10-18)30(32)33/h6-11,14-15,26H,3-5,12-13H2,1-2H3/b19-14+,26-23?. The summed E-state index contributed by atoms with van der Waals surface area (Å²) >= 11 is 1.33. The molecular weight excluding hydrogens is 498 g/mol. The van der Waals surface area contributed by atoms with Gasteiger partial charge in [0.05, 0.1) is 17.6 Å². The molecule has 2 aliphatic rings. The predicted molar refractivity (Wildman–Crippen MR) is 142 cm³/mol. The third kappa shape index (κ3) is 6.15. The maximum atomic E-state index is 12.6. The Labute approximate surface area is 217 Å². The average molecular weight is 524 g/mol. The molecule has 2 aliphatic heterocycles. The van der Waals surface area contributed by atoms with E-state index < -0.39 is 10.8 Å². The van der Waals surface area contributed by atoms with E-state index >= 15 is 0 Å². The second-order valence-electron chi connectivity index (χ2n) is 7.98. The van der Waals surface area contributed by atoms with Crippen molar-refractivity contribution in [2.24, 2.45) is 10.1 Å². The van der Waals surface area contributed by atoms with Crippen molar-refractivity contribution >= 4 is 45.5 Å². The first kappa shape index (κ1) is 25.9. The van der Waals surface area contributed by atoms with Gasteiger partial charge >= 0.3 is 0 Å². The Morgan fingerprint density at radius 2 is 1.89 bits per heavy atom. The summed E-state index contributed by atoms with van der Waals surface area (Å²) in [6.07, 6.45) is 4.38. The van der Waals surface area contributed by atoms with Crippen LogP contribution >= 0.6 is 11.8 Å². The van der Waals surface area contributed by atoms with Crippen molar-refractivity contribution in [1.82, 2.24) is 5.01 Å². The Hall–Kier alpha value is -4.19. The fraction of sp³-hybridized carbons (Fsp3) is 0.280. The Balaban J connectivity index is 1.39. The van der Waals surface area contributed by atoms with Gasteiger partial charge < -0.3 is 14.2 Å². The summed E-state index contributed by atoms with van der Waals surface area (Å²) in [6, 6.07) is 10.9. The number of fused-ring (bicyclic) bond motifs is 1. The van der Waals surface area contributed by atoms with E-state index in [1.807, 2.05) is 0 Å². The molecule has 192 valence electrons. The number of aliphatic imine (C=N–C) groups is 1. The van der Waals surface area contributed by atoms with E-state index in [2.05, 4.69) is 17.0 Å². The summed E-state index contributed by atoms with van der Waals surface area (Å²) in [5.41, 5.74) is 0.765. The number of unbranched alkanes of at least 4 members (excludes halogenated alkanes) is 1. The zero-order chi connectivity index (χ0) is 26.4. The number of hydrogen-bond donors (Lipinski definition) is 1. The minimum atomic E-state index is -0.488. The second kappa shape index (κ2) is 11.7. The van der Waals surface area contributed by atoms with Crippen molar-refractivity contribution < 1.29 is 23.9 Å². The molecule has 0 unspecified atom stereocenters. The van der Waals surface area contributed by atoms with Gasteiger partial charge in [-0.25, -0.2) is 0 Å². The summed E-state index contributed by atoms with van der Waals surface area (Å²) in [6.45, 7) is 2.52. The molecule has 1 amide bonds. The SMILES string of the molecule is CCCCC1=NN2C(=N)/C(=C\c3ccc(OCCOc4ccc([N+](=O)[O-])cc4)c(OC)c3)C(=O)N=C2S1. The van der Waals surface area contributed by atoms with E-state index in [-0.39, 0.29) is 30.3 Å². The number of benzene rings is 2. The van der Waals surface area contributed by atoms with Gasteiger partial charge in [-0.1, -0.05) is 19.4 Å². The van der Waals surface area contributed by atoms with Gasteiger partial charge in [0, 0.05) is 12.1 Å². The number of amidine groups is 2. The molecule has 0 aliphatic carbocycles. The maximum Gasteiger partial charge on any atom is 0.283 e. The Bertz CT molecular complexity index is 1310. The summed E-state index contributed by atoms with van der Waals surface area (Å²) in [5, 5.41) is 26.4. The van der Waals surface area contributed by atoms with Crippen LogP contribution in [0.3, 0.4) is 0 Å². The number of hydrogen-bond acceptors (Lipinski definition) is 9. The number of hydrazone groups is 1. The van der Waals surface area contributed by atoms with Gasteiger partial charge in [0.1, 0.15) is 24.0 Å². The van der Waals surface area contributed by atoms with Crippen LogP contribution in [-0.4, -0.2) is 52.2 Å². The zero-order valence-electron chi connectivity index (χ0n) is 20.3. The van der Waals surface area contributed by atoms with E-state index in [0.717, 1.165) is 24.3 Å². The maximum absolute atomic E-state index is 12.6. The number of nitro groups is 1. The van der Waals surface area contributed by atoms with Crippen molar-refractivity contribution in [2.75, 3.05) is 20.3 Å². The van der Waals surface area contributed by atoms with Crippen molar-refractivity contribution in [3.8, 4) is 17.2 Å².